The summed E-state index contributed by atoms with van der Waals surface area (Å²) in [4.78, 5) is 10.9. The van der Waals surface area contributed by atoms with E-state index in [4.69, 9.17) is 14.2 Å². The van der Waals surface area contributed by atoms with Gasteiger partial charge in [-0.25, -0.2) is 4.79 Å². The fourth-order valence-electron chi connectivity index (χ4n) is 0.525. The highest BCUT2D eigenvalue weighted by Crippen LogP contribution is 2.12. The van der Waals surface area contributed by atoms with Crippen LogP contribution in [0.2, 0.25) is 0 Å². The molecule has 78 valence electrons. The first-order valence-electron chi connectivity index (χ1n) is 4.24. The summed E-state index contributed by atoms with van der Waals surface area (Å²) in [6.07, 6.45) is -0.632. The molecule has 0 atom stereocenters. The number of hydrogen-bond acceptors (Lipinski definition) is 4. The van der Waals surface area contributed by atoms with Gasteiger partial charge in [-0.2, -0.15) is 0 Å². The Labute approximate surface area is 79.2 Å². The maximum absolute atomic E-state index is 10.9. The summed E-state index contributed by atoms with van der Waals surface area (Å²) < 4.78 is 14.2. The van der Waals surface area contributed by atoms with Gasteiger partial charge in [-0.1, -0.05) is 20.8 Å². The highest BCUT2D eigenvalue weighted by molar-refractivity contribution is 5.59. The van der Waals surface area contributed by atoms with Crippen LogP contribution in [0.4, 0.5) is 4.79 Å². The second-order valence-corrected chi connectivity index (χ2v) is 3.94. The lowest BCUT2D eigenvalue weighted by Gasteiger charge is -2.17. The second kappa shape index (κ2) is 5.80. The summed E-state index contributed by atoms with van der Waals surface area (Å²) in [6.45, 7) is 6.93. The van der Waals surface area contributed by atoms with Crippen LogP contribution in [0.3, 0.4) is 0 Å². The van der Waals surface area contributed by atoms with Crippen molar-refractivity contribution in [2.45, 2.75) is 20.8 Å². The van der Waals surface area contributed by atoms with Crippen molar-refractivity contribution in [2.75, 3.05) is 26.9 Å². The Morgan fingerprint density at radius 1 is 1.15 bits per heavy atom. The van der Waals surface area contributed by atoms with Crippen molar-refractivity contribution in [3.05, 3.63) is 0 Å². The normalized spacial score (nSPS) is 11.1. The summed E-state index contributed by atoms with van der Waals surface area (Å²) in [5.41, 5.74) is -0.0275. The Kier molecular flexibility index (Phi) is 5.46. The predicted molar refractivity (Wildman–Crippen MR) is 48.6 cm³/mol. The lowest BCUT2D eigenvalue weighted by Crippen LogP contribution is -2.20. The number of methoxy groups -OCH3 is 1. The molecule has 0 aromatic heterocycles. The maximum Gasteiger partial charge on any atom is 0.508 e. The summed E-state index contributed by atoms with van der Waals surface area (Å²) in [5.74, 6) is 0. The molecule has 0 unspecified atom stereocenters. The van der Waals surface area contributed by atoms with E-state index in [-0.39, 0.29) is 12.0 Å². The number of carbonyl (C=O) groups is 1. The van der Waals surface area contributed by atoms with E-state index in [0.717, 1.165) is 0 Å². The number of carbonyl (C=O) groups excluding carboxylic acids is 1. The van der Waals surface area contributed by atoms with E-state index in [9.17, 15) is 4.79 Å². The quantitative estimate of drug-likeness (QED) is 0.501. The van der Waals surface area contributed by atoms with Gasteiger partial charge in [0.05, 0.1) is 13.2 Å². The third-order valence-electron chi connectivity index (χ3n) is 1.13. The van der Waals surface area contributed by atoms with Crippen LogP contribution in [-0.4, -0.2) is 33.1 Å². The van der Waals surface area contributed by atoms with Crippen LogP contribution in [0.5, 0.6) is 0 Å². The fourth-order valence-corrected chi connectivity index (χ4v) is 0.525. The molecule has 0 amide bonds. The van der Waals surface area contributed by atoms with Crippen LogP contribution in [0, 0.1) is 5.41 Å². The fraction of sp³-hybridized carbons (Fsp3) is 0.889. The lowest BCUT2D eigenvalue weighted by molar-refractivity contribution is 0.0197. The van der Waals surface area contributed by atoms with Crippen LogP contribution in [0.25, 0.3) is 0 Å². The topological polar surface area (TPSA) is 44.8 Å². The zero-order chi connectivity index (χ0) is 10.3. The molecule has 0 heterocycles. The Morgan fingerprint density at radius 3 is 2.23 bits per heavy atom. The molecule has 0 aliphatic rings. The van der Waals surface area contributed by atoms with E-state index in [1.165, 1.54) is 0 Å². The van der Waals surface area contributed by atoms with E-state index in [1.54, 1.807) is 7.11 Å². The average molecular weight is 190 g/mol. The van der Waals surface area contributed by atoms with Crippen LogP contribution in [0.1, 0.15) is 20.8 Å². The standard InChI is InChI=1S/C9H18O4/c1-9(2,3)7-13-8(10)12-6-5-11-4/h5-7H2,1-4H3. The number of ether oxygens (including phenoxy) is 3. The minimum atomic E-state index is -0.632. The molecule has 0 N–H and O–H groups in total. The van der Waals surface area contributed by atoms with Crippen molar-refractivity contribution in [1.82, 2.24) is 0 Å². The highest BCUT2D eigenvalue weighted by Gasteiger charge is 2.14. The Balaban J connectivity index is 3.41. The molecular weight excluding hydrogens is 172 g/mol. The summed E-state index contributed by atoms with van der Waals surface area (Å²) >= 11 is 0. The number of hydrogen-bond donors (Lipinski definition) is 0. The second-order valence-electron chi connectivity index (χ2n) is 3.94. The molecule has 0 rings (SSSR count). The molecule has 13 heavy (non-hydrogen) atoms. The van der Waals surface area contributed by atoms with Crippen LogP contribution in [0.15, 0.2) is 0 Å². The monoisotopic (exact) mass is 190 g/mol. The molecule has 0 aliphatic heterocycles. The molecule has 0 aromatic carbocycles. The molecule has 0 aliphatic carbocycles. The van der Waals surface area contributed by atoms with Crippen LogP contribution in [-0.2, 0) is 14.2 Å². The van der Waals surface area contributed by atoms with Crippen molar-refractivity contribution in [2.24, 2.45) is 5.41 Å². The smallest absolute Gasteiger partial charge is 0.434 e. The van der Waals surface area contributed by atoms with Gasteiger partial charge in [-0.05, 0) is 5.41 Å². The van der Waals surface area contributed by atoms with Gasteiger partial charge in [0.2, 0.25) is 0 Å². The van der Waals surface area contributed by atoms with Gasteiger partial charge in [0.25, 0.3) is 0 Å². The van der Waals surface area contributed by atoms with Gasteiger partial charge in [0, 0.05) is 7.11 Å². The Morgan fingerprint density at radius 2 is 1.77 bits per heavy atom. The predicted octanol–water partition coefficient (Wildman–Crippen LogP) is 1.83. The van der Waals surface area contributed by atoms with E-state index >= 15 is 0 Å². The third-order valence-corrected chi connectivity index (χ3v) is 1.13. The minimum Gasteiger partial charge on any atom is -0.434 e. The molecule has 0 fully saturated rings. The van der Waals surface area contributed by atoms with Crippen molar-refractivity contribution in [1.29, 1.82) is 0 Å². The van der Waals surface area contributed by atoms with Gasteiger partial charge < -0.3 is 14.2 Å². The Hall–Kier alpha value is -0.770. The first kappa shape index (κ1) is 12.2. The lowest BCUT2D eigenvalue weighted by atomic mass is 9.99. The van der Waals surface area contributed by atoms with Gasteiger partial charge in [-0.3, -0.25) is 0 Å². The molecule has 0 saturated heterocycles. The van der Waals surface area contributed by atoms with E-state index in [2.05, 4.69) is 0 Å². The zero-order valence-corrected chi connectivity index (χ0v) is 8.75. The van der Waals surface area contributed by atoms with Crippen molar-refractivity contribution in [3.63, 3.8) is 0 Å². The van der Waals surface area contributed by atoms with E-state index < -0.39 is 6.16 Å². The molecule has 4 heteroatoms. The van der Waals surface area contributed by atoms with Crippen molar-refractivity contribution >= 4 is 6.16 Å². The molecule has 0 radical (unpaired) electrons. The SMILES string of the molecule is COCCOC(=O)OCC(C)(C)C. The molecular formula is C9H18O4. The highest BCUT2D eigenvalue weighted by atomic mass is 16.7. The first-order valence-corrected chi connectivity index (χ1v) is 4.24. The van der Waals surface area contributed by atoms with Crippen molar-refractivity contribution in [3.8, 4) is 0 Å². The van der Waals surface area contributed by atoms with Crippen LogP contribution < -0.4 is 0 Å². The molecule has 0 saturated carbocycles. The molecule has 0 spiro atoms. The maximum atomic E-state index is 10.9. The van der Waals surface area contributed by atoms with E-state index in [0.29, 0.717) is 13.2 Å². The zero-order valence-electron chi connectivity index (χ0n) is 8.75. The van der Waals surface area contributed by atoms with Crippen molar-refractivity contribution < 1.29 is 19.0 Å². The van der Waals surface area contributed by atoms with Gasteiger partial charge in [0.1, 0.15) is 6.61 Å². The van der Waals surface area contributed by atoms with Gasteiger partial charge >= 0.3 is 6.16 Å². The average Bonchev–Trinajstić information content (AvgIpc) is 2.00. The summed E-state index contributed by atoms with van der Waals surface area (Å²) in [6, 6.07) is 0. The summed E-state index contributed by atoms with van der Waals surface area (Å²) in [7, 11) is 1.55. The van der Waals surface area contributed by atoms with Gasteiger partial charge in [-0.15, -0.1) is 0 Å². The first-order chi connectivity index (χ1) is 5.95. The summed E-state index contributed by atoms with van der Waals surface area (Å²) in [5, 5.41) is 0. The molecule has 0 bridgehead atoms. The number of rotatable bonds is 4. The Bertz CT molecular complexity index is 148. The molecule has 0 aromatic rings. The molecule has 4 nitrogen and oxygen atoms in total. The minimum absolute atomic E-state index is 0.0275. The van der Waals surface area contributed by atoms with Crippen LogP contribution >= 0.6 is 0 Å². The van der Waals surface area contributed by atoms with E-state index in [1.807, 2.05) is 20.8 Å². The largest absolute Gasteiger partial charge is 0.508 e. The third kappa shape index (κ3) is 9.14. The van der Waals surface area contributed by atoms with Gasteiger partial charge in [0.15, 0.2) is 0 Å².